The van der Waals surface area contributed by atoms with Crippen LogP contribution in [0, 0.1) is 11.3 Å². The van der Waals surface area contributed by atoms with Crippen molar-refractivity contribution in [1.82, 2.24) is 10.2 Å². The molecular weight excluding hydrogens is 420 g/mol. The first kappa shape index (κ1) is 22.8. The van der Waals surface area contributed by atoms with Gasteiger partial charge in [0.2, 0.25) is 5.91 Å². The molecule has 1 saturated heterocycles. The summed E-state index contributed by atoms with van der Waals surface area (Å²) in [5, 5.41) is 12.2. The predicted molar refractivity (Wildman–Crippen MR) is 124 cm³/mol. The van der Waals surface area contributed by atoms with Gasteiger partial charge in [0, 0.05) is 32.0 Å². The fourth-order valence-corrected chi connectivity index (χ4v) is 4.85. The maximum Gasteiger partial charge on any atom is 0.407 e. The number of nitrogens with one attached hydrogen (secondary N) is 1. The third kappa shape index (κ3) is 4.45. The molecule has 7 heteroatoms. The number of ether oxygens (including phenoxy) is 1. The van der Waals surface area contributed by atoms with Crippen molar-refractivity contribution in [1.29, 1.82) is 0 Å². The van der Waals surface area contributed by atoms with E-state index in [1.165, 1.54) is 11.1 Å². The van der Waals surface area contributed by atoms with E-state index in [0.717, 1.165) is 11.1 Å². The van der Waals surface area contributed by atoms with Crippen molar-refractivity contribution < 1.29 is 24.2 Å². The molecule has 1 aliphatic carbocycles. The highest BCUT2D eigenvalue weighted by molar-refractivity contribution is 5.81. The van der Waals surface area contributed by atoms with Crippen LogP contribution in [0.5, 0.6) is 0 Å². The molecule has 0 radical (unpaired) electrons. The van der Waals surface area contributed by atoms with Crippen molar-refractivity contribution >= 4 is 18.0 Å². The number of fused-ring (bicyclic) bond motifs is 3. The first-order valence-corrected chi connectivity index (χ1v) is 11.4. The van der Waals surface area contributed by atoms with E-state index in [1.54, 1.807) is 11.8 Å². The third-order valence-corrected chi connectivity index (χ3v) is 7.12. The highest BCUT2D eigenvalue weighted by Crippen LogP contribution is 2.44. The first-order valence-electron chi connectivity index (χ1n) is 11.4. The van der Waals surface area contributed by atoms with Crippen molar-refractivity contribution in [2.45, 2.75) is 32.6 Å². The van der Waals surface area contributed by atoms with Gasteiger partial charge in [-0.3, -0.25) is 9.59 Å². The maximum atomic E-state index is 12.5. The minimum atomic E-state index is -0.908. The summed E-state index contributed by atoms with van der Waals surface area (Å²) >= 11 is 0. The van der Waals surface area contributed by atoms with Crippen molar-refractivity contribution in [3.8, 4) is 11.1 Å². The Balaban J connectivity index is 1.22. The highest BCUT2D eigenvalue weighted by atomic mass is 16.5. The van der Waals surface area contributed by atoms with Crippen LogP contribution in [0.15, 0.2) is 48.5 Å². The number of benzene rings is 2. The van der Waals surface area contributed by atoms with Crippen LogP contribution in [-0.4, -0.2) is 54.2 Å². The second kappa shape index (κ2) is 9.25. The molecule has 0 bridgehead atoms. The van der Waals surface area contributed by atoms with Gasteiger partial charge in [-0.1, -0.05) is 55.5 Å². The average molecular weight is 451 g/mol. The number of carbonyl (C=O) groups excluding carboxylic acids is 2. The van der Waals surface area contributed by atoms with Crippen LogP contribution in [-0.2, 0) is 14.3 Å². The van der Waals surface area contributed by atoms with Crippen LogP contribution in [0.1, 0.15) is 43.7 Å². The topological polar surface area (TPSA) is 95.9 Å². The van der Waals surface area contributed by atoms with Gasteiger partial charge in [0.25, 0.3) is 0 Å². The zero-order valence-corrected chi connectivity index (χ0v) is 19.0. The van der Waals surface area contributed by atoms with E-state index in [9.17, 15) is 19.5 Å². The van der Waals surface area contributed by atoms with Crippen molar-refractivity contribution in [3.05, 3.63) is 59.7 Å². The molecule has 2 aromatic carbocycles. The fourth-order valence-electron chi connectivity index (χ4n) is 4.85. The summed E-state index contributed by atoms with van der Waals surface area (Å²) in [6.07, 6.45) is 0.224. The van der Waals surface area contributed by atoms with E-state index >= 15 is 0 Å². The second-order valence-electron chi connectivity index (χ2n) is 9.25. The van der Waals surface area contributed by atoms with Gasteiger partial charge in [-0.2, -0.15) is 0 Å². The van der Waals surface area contributed by atoms with Crippen LogP contribution in [0.2, 0.25) is 0 Å². The lowest BCUT2D eigenvalue weighted by molar-refractivity contribution is -0.149. The lowest BCUT2D eigenvalue weighted by atomic mass is 9.81. The van der Waals surface area contributed by atoms with Gasteiger partial charge in [-0.15, -0.1) is 0 Å². The number of rotatable bonds is 7. The lowest BCUT2D eigenvalue weighted by Gasteiger charge is -2.22. The molecule has 2 aliphatic rings. The number of hydrogen-bond acceptors (Lipinski definition) is 4. The Morgan fingerprint density at radius 2 is 1.70 bits per heavy atom. The SMILES string of the molecule is C[C@H]1CN(C(=O)CCCNC(=O)OCC2c3ccccc3-c3ccccc32)C[C@]1(C)C(=O)O. The minimum Gasteiger partial charge on any atom is -0.481 e. The van der Waals surface area contributed by atoms with Gasteiger partial charge in [-0.05, 0) is 41.5 Å². The van der Waals surface area contributed by atoms with Crippen LogP contribution in [0.25, 0.3) is 11.1 Å². The summed E-state index contributed by atoms with van der Waals surface area (Å²) in [5.41, 5.74) is 3.76. The van der Waals surface area contributed by atoms with Gasteiger partial charge >= 0.3 is 12.1 Å². The Bertz CT molecular complexity index is 1020. The van der Waals surface area contributed by atoms with E-state index in [4.69, 9.17) is 4.74 Å². The van der Waals surface area contributed by atoms with Crippen molar-refractivity contribution in [2.24, 2.45) is 11.3 Å². The predicted octanol–water partition coefficient (Wildman–Crippen LogP) is 3.87. The summed E-state index contributed by atoms with van der Waals surface area (Å²) < 4.78 is 5.50. The van der Waals surface area contributed by atoms with Crippen LogP contribution in [0.4, 0.5) is 4.79 Å². The summed E-state index contributed by atoms with van der Waals surface area (Å²) in [6, 6.07) is 16.3. The van der Waals surface area contributed by atoms with Crippen molar-refractivity contribution in [2.75, 3.05) is 26.2 Å². The Kier molecular flexibility index (Phi) is 6.40. The second-order valence-corrected chi connectivity index (χ2v) is 9.25. The summed E-state index contributed by atoms with van der Waals surface area (Å²) in [7, 11) is 0. The van der Waals surface area contributed by atoms with Crippen LogP contribution < -0.4 is 5.32 Å². The third-order valence-electron chi connectivity index (χ3n) is 7.12. The normalized spacial score (nSPS) is 21.4. The molecule has 1 heterocycles. The Hall–Kier alpha value is -3.35. The summed E-state index contributed by atoms with van der Waals surface area (Å²) in [4.78, 5) is 37.9. The largest absolute Gasteiger partial charge is 0.481 e. The van der Waals surface area contributed by atoms with E-state index < -0.39 is 17.5 Å². The minimum absolute atomic E-state index is 0.00503. The molecule has 0 unspecified atom stereocenters. The van der Waals surface area contributed by atoms with Gasteiger partial charge in [-0.25, -0.2) is 4.79 Å². The smallest absolute Gasteiger partial charge is 0.407 e. The number of carboxylic acids is 1. The molecule has 7 nitrogen and oxygen atoms in total. The standard InChI is InChI=1S/C26H30N2O5/c1-17-14-28(16-26(17,2)24(30)31)23(29)12-7-13-27-25(32)33-15-22-20-10-5-3-8-18(20)19-9-4-6-11-21(19)22/h3-6,8-11,17,22H,7,12-16H2,1-2H3,(H,27,32)(H,30,31)/t17-,26-/m0/s1. The van der Waals surface area contributed by atoms with Gasteiger partial charge in [0.05, 0.1) is 5.41 Å². The molecule has 4 rings (SSSR count). The van der Waals surface area contributed by atoms with Gasteiger partial charge in [0.15, 0.2) is 0 Å². The number of carboxylic acid groups (broad SMARTS) is 1. The lowest BCUT2D eigenvalue weighted by Crippen LogP contribution is -2.36. The number of hydrogen-bond donors (Lipinski definition) is 2. The average Bonchev–Trinajstić information content (AvgIpc) is 3.30. The number of likely N-dealkylation sites (tertiary alicyclic amines) is 1. The summed E-state index contributed by atoms with van der Waals surface area (Å²) in [5.74, 6) is -1.05. The van der Waals surface area contributed by atoms with Crippen LogP contribution >= 0.6 is 0 Å². The maximum absolute atomic E-state index is 12.5. The van der Waals surface area contributed by atoms with Gasteiger partial charge < -0.3 is 20.1 Å². The summed E-state index contributed by atoms with van der Waals surface area (Å²) in [6.45, 7) is 4.79. The monoisotopic (exact) mass is 450 g/mol. The molecular formula is C26H30N2O5. The molecule has 2 amide bonds. The van der Waals surface area contributed by atoms with E-state index in [2.05, 4.69) is 29.6 Å². The molecule has 0 saturated carbocycles. The number of nitrogens with zero attached hydrogens (tertiary/aromatic N) is 1. The number of alkyl carbamates (subject to hydrolysis) is 1. The molecule has 33 heavy (non-hydrogen) atoms. The number of amides is 2. The molecule has 0 spiro atoms. The molecule has 1 aliphatic heterocycles. The quantitative estimate of drug-likeness (QED) is 0.624. The fraction of sp³-hybridized carbons (Fsp3) is 0.423. The van der Waals surface area contributed by atoms with E-state index in [1.807, 2.05) is 31.2 Å². The first-order chi connectivity index (χ1) is 15.8. The Labute approximate surface area is 193 Å². The molecule has 2 atom stereocenters. The molecule has 2 aromatic rings. The van der Waals surface area contributed by atoms with Crippen LogP contribution in [0.3, 0.4) is 0 Å². The Morgan fingerprint density at radius 3 is 2.27 bits per heavy atom. The zero-order valence-electron chi connectivity index (χ0n) is 19.0. The highest BCUT2D eigenvalue weighted by Gasteiger charge is 2.47. The van der Waals surface area contributed by atoms with E-state index in [-0.39, 0.29) is 37.3 Å². The zero-order chi connectivity index (χ0) is 23.6. The molecule has 2 N–H and O–H groups in total. The number of carbonyl (C=O) groups is 3. The Morgan fingerprint density at radius 1 is 1.09 bits per heavy atom. The molecule has 174 valence electrons. The number of aliphatic carboxylic acids is 1. The van der Waals surface area contributed by atoms with Gasteiger partial charge in [0.1, 0.15) is 6.61 Å². The molecule has 1 fully saturated rings. The van der Waals surface area contributed by atoms with E-state index in [0.29, 0.717) is 19.5 Å². The van der Waals surface area contributed by atoms with Crippen molar-refractivity contribution in [3.63, 3.8) is 0 Å². The molecule has 0 aromatic heterocycles.